The van der Waals surface area contributed by atoms with Gasteiger partial charge in [0.15, 0.2) is 0 Å². The fraction of sp³-hybridized carbons (Fsp3) is 0.240. The molecule has 3 aromatic carbocycles. The maximum atomic E-state index is 12.9. The highest BCUT2D eigenvalue weighted by molar-refractivity contribution is 6.24. The van der Waals surface area contributed by atoms with Crippen molar-refractivity contribution in [3.05, 3.63) is 77.4 Å². The molecule has 152 valence electrons. The van der Waals surface area contributed by atoms with Crippen LogP contribution >= 0.6 is 0 Å². The van der Waals surface area contributed by atoms with E-state index in [-0.39, 0.29) is 11.8 Å². The van der Waals surface area contributed by atoms with E-state index >= 15 is 0 Å². The van der Waals surface area contributed by atoms with Gasteiger partial charge in [-0.1, -0.05) is 49.7 Å². The van der Waals surface area contributed by atoms with Gasteiger partial charge in [-0.3, -0.25) is 9.59 Å². The summed E-state index contributed by atoms with van der Waals surface area (Å²) in [7, 11) is 0. The lowest BCUT2D eigenvalue weighted by Crippen LogP contribution is -2.26. The standard InChI is InChI=1S/C25H25N3O2/c1-3-4-7-17(2)26-27-24(29)20-14-12-18(13-15-20)16-28-22-11-6-9-19-8-5-10-21(23(19)22)25(28)30/h5-6,8-15H,3-4,7,16H2,1-2H3,(H,27,29)/b26-17-. The second-order valence-corrected chi connectivity index (χ2v) is 7.66. The van der Waals surface area contributed by atoms with Crippen LogP contribution in [-0.4, -0.2) is 17.5 Å². The van der Waals surface area contributed by atoms with Crippen LogP contribution in [0.5, 0.6) is 0 Å². The predicted octanol–water partition coefficient (Wildman–Crippen LogP) is 5.30. The Kier molecular flexibility index (Phi) is 5.61. The Labute approximate surface area is 176 Å². The van der Waals surface area contributed by atoms with E-state index in [4.69, 9.17) is 0 Å². The molecular weight excluding hydrogens is 374 g/mol. The van der Waals surface area contributed by atoms with E-state index in [2.05, 4.69) is 17.5 Å². The minimum absolute atomic E-state index is 0.0144. The third kappa shape index (κ3) is 3.83. The van der Waals surface area contributed by atoms with Crippen LogP contribution in [0.1, 0.15) is 59.4 Å². The first-order valence-electron chi connectivity index (χ1n) is 10.3. The number of hydrogen-bond donors (Lipinski definition) is 1. The first-order chi connectivity index (χ1) is 14.6. The lowest BCUT2D eigenvalue weighted by molar-refractivity contribution is 0.0952. The van der Waals surface area contributed by atoms with Crippen LogP contribution in [0.4, 0.5) is 5.69 Å². The van der Waals surface area contributed by atoms with E-state index in [0.29, 0.717) is 12.1 Å². The van der Waals surface area contributed by atoms with E-state index in [1.165, 1.54) is 0 Å². The first-order valence-corrected chi connectivity index (χ1v) is 10.3. The van der Waals surface area contributed by atoms with Gasteiger partial charge in [0.2, 0.25) is 0 Å². The molecule has 1 heterocycles. The van der Waals surface area contributed by atoms with Crippen LogP contribution in [0.3, 0.4) is 0 Å². The number of hydrazone groups is 1. The van der Waals surface area contributed by atoms with Crippen LogP contribution in [0, 0.1) is 0 Å². The molecule has 0 bridgehead atoms. The summed E-state index contributed by atoms with van der Waals surface area (Å²) in [6.45, 7) is 4.51. The number of amides is 2. The fourth-order valence-corrected chi connectivity index (χ4v) is 3.78. The molecule has 0 saturated heterocycles. The smallest absolute Gasteiger partial charge is 0.271 e. The average Bonchev–Trinajstić information content (AvgIpc) is 3.04. The van der Waals surface area contributed by atoms with Crippen molar-refractivity contribution in [1.82, 2.24) is 5.43 Å². The number of carbonyl (C=O) groups excluding carboxylic acids is 2. The van der Waals surface area contributed by atoms with Gasteiger partial charge in [-0.15, -0.1) is 0 Å². The second kappa shape index (κ2) is 8.49. The Bertz CT molecular complexity index is 1130. The number of anilines is 1. The van der Waals surface area contributed by atoms with Gasteiger partial charge in [0.25, 0.3) is 11.8 Å². The van der Waals surface area contributed by atoms with Crippen LogP contribution in [-0.2, 0) is 6.54 Å². The highest BCUT2D eigenvalue weighted by Gasteiger charge is 2.29. The topological polar surface area (TPSA) is 61.8 Å². The van der Waals surface area contributed by atoms with Crippen LogP contribution < -0.4 is 10.3 Å². The molecule has 1 aliphatic rings. The van der Waals surface area contributed by atoms with E-state index < -0.39 is 0 Å². The van der Waals surface area contributed by atoms with Crippen molar-refractivity contribution < 1.29 is 9.59 Å². The van der Waals surface area contributed by atoms with Crippen molar-refractivity contribution in [1.29, 1.82) is 0 Å². The minimum atomic E-state index is -0.230. The largest absolute Gasteiger partial charge is 0.303 e. The van der Waals surface area contributed by atoms with E-state index in [1.807, 2.05) is 55.5 Å². The van der Waals surface area contributed by atoms with Crippen molar-refractivity contribution in [2.75, 3.05) is 4.90 Å². The van der Waals surface area contributed by atoms with Gasteiger partial charge < -0.3 is 4.90 Å². The summed E-state index contributed by atoms with van der Waals surface area (Å²) in [5.74, 6) is -0.215. The molecule has 2 amide bonds. The normalized spacial score (nSPS) is 13.2. The van der Waals surface area contributed by atoms with Crippen molar-refractivity contribution in [3.63, 3.8) is 0 Å². The number of benzene rings is 3. The molecular formula is C25H25N3O2. The molecule has 0 radical (unpaired) electrons. The molecule has 0 fully saturated rings. The van der Waals surface area contributed by atoms with E-state index in [0.717, 1.165) is 52.6 Å². The number of carbonyl (C=O) groups is 2. The molecule has 3 aromatic rings. The highest BCUT2D eigenvalue weighted by atomic mass is 16.2. The second-order valence-electron chi connectivity index (χ2n) is 7.66. The molecule has 0 aromatic heterocycles. The Hall–Kier alpha value is -3.47. The maximum absolute atomic E-state index is 12.9. The Balaban J connectivity index is 1.47. The number of nitrogens with one attached hydrogen (secondary N) is 1. The van der Waals surface area contributed by atoms with Gasteiger partial charge in [-0.25, -0.2) is 5.43 Å². The Morgan fingerprint density at radius 2 is 1.77 bits per heavy atom. The van der Waals surface area contributed by atoms with E-state index in [1.54, 1.807) is 17.0 Å². The fourth-order valence-electron chi connectivity index (χ4n) is 3.78. The zero-order chi connectivity index (χ0) is 21.1. The van der Waals surface area contributed by atoms with Crippen molar-refractivity contribution in [3.8, 4) is 0 Å². The first kappa shape index (κ1) is 19.8. The van der Waals surface area contributed by atoms with Crippen LogP contribution in [0.2, 0.25) is 0 Å². The van der Waals surface area contributed by atoms with Gasteiger partial charge in [-0.05, 0) is 55.0 Å². The van der Waals surface area contributed by atoms with Gasteiger partial charge in [0.1, 0.15) is 0 Å². The quantitative estimate of drug-likeness (QED) is 0.433. The lowest BCUT2D eigenvalue weighted by atomic mass is 10.1. The summed E-state index contributed by atoms with van der Waals surface area (Å²) >= 11 is 0. The third-order valence-corrected chi connectivity index (χ3v) is 5.45. The third-order valence-electron chi connectivity index (χ3n) is 5.45. The van der Waals surface area contributed by atoms with Crippen molar-refractivity contribution in [2.45, 2.75) is 39.7 Å². The highest BCUT2D eigenvalue weighted by Crippen LogP contribution is 2.37. The summed E-state index contributed by atoms with van der Waals surface area (Å²) in [4.78, 5) is 27.1. The zero-order valence-corrected chi connectivity index (χ0v) is 17.3. The number of rotatable bonds is 7. The van der Waals surface area contributed by atoms with Crippen molar-refractivity contribution >= 4 is 34.0 Å². The molecule has 1 aliphatic heterocycles. The molecule has 0 saturated carbocycles. The van der Waals surface area contributed by atoms with Crippen LogP contribution in [0.25, 0.3) is 10.8 Å². The van der Waals surface area contributed by atoms with Gasteiger partial charge in [0, 0.05) is 22.2 Å². The van der Waals surface area contributed by atoms with E-state index in [9.17, 15) is 9.59 Å². The Morgan fingerprint density at radius 3 is 2.50 bits per heavy atom. The summed E-state index contributed by atoms with van der Waals surface area (Å²) in [6, 6.07) is 19.1. The summed E-state index contributed by atoms with van der Waals surface area (Å²) in [5, 5.41) is 6.25. The number of hydrogen-bond acceptors (Lipinski definition) is 3. The summed E-state index contributed by atoms with van der Waals surface area (Å²) < 4.78 is 0. The van der Waals surface area contributed by atoms with Gasteiger partial charge >= 0.3 is 0 Å². The average molecular weight is 399 g/mol. The Morgan fingerprint density at radius 1 is 1.03 bits per heavy atom. The zero-order valence-electron chi connectivity index (χ0n) is 17.3. The SMILES string of the molecule is CCCC/C(C)=N\NC(=O)c1ccc(CN2C(=O)c3cccc4cccc2c34)cc1. The molecule has 5 heteroatoms. The van der Waals surface area contributed by atoms with Crippen LogP contribution in [0.15, 0.2) is 65.8 Å². The lowest BCUT2D eigenvalue weighted by Gasteiger charge is -2.18. The predicted molar refractivity (Wildman–Crippen MR) is 121 cm³/mol. The summed E-state index contributed by atoms with van der Waals surface area (Å²) in [5.41, 5.74) is 6.73. The molecule has 0 unspecified atom stereocenters. The van der Waals surface area contributed by atoms with Gasteiger partial charge in [-0.2, -0.15) is 5.10 Å². The molecule has 30 heavy (non-hydrogen) atoms. The molecule has 5 nitrogen and oxygen atoms in total. The monoisotopic (exact) mass is 399 g/mol. The molecule has 0 atom stereocenters. The van der Waals surface area contributed by atoms with Crippen molar-refractivity contribution in [2.24, 2.45) is 5.10 Å². The molecule has 0 aliphatic carbocycles. The number of nitrogens with zero attached hydrogens (tertiary/aromatic N) is 2. The summed E-state index contributed by atoms with van der Waals surface area (Å²) in [6.07, 6.45) is 3.04. The minimum Gasteiger partial charge on any atom is -0.303 e. The number of unbranched alkanes of at least 4 members (excludes halogenated alkanes) is 1. The molecule has 4 rings (SSSR count). The molecule has 1 N–H and O–H groups in total. The molecule has 0 spiro atoms. The maximum Gasteiger partial charge on any atom is 0.271 e. The van der Waals surface area contributed by atoms with Gasteiger partial charge in [0.05, 0.1) is 12.2 Å².